The highest BCUT2D eigenvalue weighted by atomic mass is 19.1. The molecule has 2 heteroatoms. The Hall–Kier alpha value is -0.890. The Morgan fingerprint density at radius 1 is 1.20 bits per heavy atom. The molecule has 3 unspecified atom stereocenters. The first kappa shape index (κ1) is 9.34. The van der Waals surface area contributed by atoms with Crippen molar-refractivity contribution in [3.05, 3.63) is 35.6 Å². The Labute approximate surface area is 89.5 Å². The van der Waals surface area contributed by atoms with E-state index in [-0.39, 0.29) is 11.9 Å². The molecule has 0 saturated heterocycles. The zero-order valence-corrected chi connectivity index (χ0v) is 8.70. The van der Waals surface area contributed by atoms with Gasteiger partial charge in [-0.05, 0) is 36.7 Å². The molecule has 1 nitrogen and oxygen atoms in total. The van der Waals surface area contributed by atoms with Crippen LogP contribution in [0.15, 0.2) is 24.3 Å². The first-order chi connectivity index (χ1) is 7.29. The average molecular weight is 205 g/mol. The molecule has 0 radical (unpaired) electrons. The summed E-state index contributed by atoms with van der Waals surface area (Å²) >= 11 is 0. The molecule has 2 N–H and O–H groups in total. The number of halogens is 1. The van der Waals surface area contributed by atoms with Gasteiger partial charge < -0.3 is 5.73 Å². The number of rotatable bonds is 2. The van der Waals surface area contributed by atoms with Crippen LogP contribution in [0, 0.1) is 23.6 Å². The number of hydrogen-bond donors (Lipinski definition) is 1. The monoisotopic (exact) mass is 205 g/mol. The van der Waals surface area contributed by atoms with E-state index < -0.39 is 0 Å². The van der Waals surface area contributed by atoms with Crippen molar-refractivity contribution in [2.24, 2.45) is 23.5 Å². The minimum Gasteiger partial charge on any atom is -0.324 e. The minimum absolute atomic E-state index is 0.0819. The molecular formula is C13H16FN. The van der Waals surface area contributed by atoms with Crippen molar-refractivity contribution in [1.82, 2.24) is 0 Å². The molecule has 0 heterocycles. The second-order valence-electron chi connectivity index (χ2n) is 4.88. The van der Waals surface area contributed by atoms with Crippen LogP contribution in [0.5, 0.6) is 0 Å². The Morgan fingerprint density at radius 2 is 1.87 bits per heavy atom. The maximum absolute atomic E-state index is 13.5. The zero-order valence-electron chi connectivity index (χ0n) is 8.70. The van der Waals surface area contributed by atoms with Crippen LogP contribution < -0.4 is 5.73 Å². The summed E-state index contributed by atoms with van der Waals surface area (Å²) in [5.41, 5.74) is 6.86. The van der Waals surface area contributed by atoms with Crippen molar-refractivity contribution in [1.29, 1.82) is 0 Å². The summed E-state index contributed by atoms with van der Waals surface area (Å²) in [5, 5.41) is 0. The second-order valence-corrected chi connectivity index (χ2v) is 4.88. The zero-order chi connectivity index (χ0) is 10.4. The molecule has 2 aliphatic rings. The van der Waals surface area contributed by atoms with Gasteiger partial charge >= 0.3 is 0 Å². The lowest BCUT2D eigenvalue weighted by molar-refractivity contribution is 0.480. The van der Waals surface area contributed by atoms with E-state index >= 15 is 0 Å². The van der Waals surface area contributed by atoms with Crippen molar-refractivity contribution in [2.45, 2.75) is 25.3 Å². The lowest BCUT2D eigenvalue weighted by atomic mass is 9.97. The van der Waals surface area contributed by atoms with E-state index in [1.165, 1.54) is 25.3 Å². The molecule has 3 atom stereocenters. The summed E-state index contributed by atoms with van der Waals surface area (Å²) in [6.45, 7) is 0. The fourth-order valence-electron chi connectivity index (χ4n) is 3.36. The topological polar surface area (TPSA) is 26.0 Å². The molecular weight excluding hydrogens is 189 g/mol. The van der Waals surface area contributed by atoms with Gasteiger partial charge in [-0.2, -0.15) is 0 Å². The standard InChI is InChI=1S/C13H16FN/c14-11-7-2-1-4-10(11)13(15)12-8-5-3-6-9(8)12/h1-2,4,7-9,12-13H,3,5-6,15H2. The highest BCUT2D eigenvalue weighted by Gasteiger charge is 2.55. The van der Waals surface area contributed by atoms with E-state index in [0.29, 0.717) is 11.5 Å². The van der Waals surface area contributed by atoms with Gasteiger partial charge in [-0.1, -0.05) is 24.6 Å². The van der Waals surface area contributed by atoms with Crippen molar-refractivity contribution < 1.29 is 4.39 Å². The van der Waals surface area contributed by atoms with E-state index in [1.54, 1.807) is 6.07 Å². The lowest BCUT2D eigenvalue weighted by Gasteiger charge is -2.14. The molecule has 0 spiro atoms. The predicted molar refractivity (Wildman–Crippen MR) is 57.6 cm³/mol. The van der Waals surface area contributed by atoms with Crippen LogP contribution in [0.4, 0.5) is 4.39 Å². The Kier molecular flexibility index (Phi) is 2.06. The molecule has 0 aliphatic heterocycles. The molecule has 0 aromatic heterocycles. The quantitative estimate of drug-likeness (QED) is 0.789. The highest BCUT2D eigenvalue weighted by Crippen LogP contribution is 2.61. The van der Waals surface area contributed by atoms with Crippen LogP contribution >= 0.6 is 0 Å². The summed E-state index contributed by atoms with van der Waals surface area (Å²) in [6, 6.07) is 6.85. The molecule has 80 valence electrons. The molecule has 3 rings (SSSR count). The van der Waals surface area contributed by atoms with Gasteiger partial charge in [-0.15, -0.1) is 0 Å². The van der Waals surface area contributed by atoms with Crippen LogP contribution in [0.3, 0.4) is 0 Å². The molecule has 1 aromatic rings. The fourth-order valence-corrected chi connectivity index (χ4v) is 3.36. The van der Waals surface area contributed by atoms with Gasteiger partial charge in [-0.3, -0.25) is 0 Å². The summed E-state index contributed by atoms with van der Waals surface area (Å²) in [7, 11) is 0. The fraction of sp³-hybridized carbons (Fsp3) is 0.538. The van der Waals surface area contributed by atoms with Crippen LogP contribution in [0.2, 0.25) is 0 Å². The van der Waals surface area contributed by atoms with Crippen LogP contribution in [0.25, 0.3) is 0 Å². The average Bonchev–Trinajstić information content (AvgIpc) is 2.72. The van der Waals surface area contributed by atoms with Gasteiger partial charge in [0.05, 0.1) is 0 Å². The lowest BCUT2D eigenvalue weighted by Crippen LogP contribution is -2.16. The summed E-state index contributed by atoms with van der Waals surface area (Å²) in [6.07, 6.45) is 3.95. The number of nitrogens with two attached hydrogens (primary N) is 1. The second kappa shape index (κ2) is 3.31. The van der Waals surface area contributed by atoms with Crippen LogP contribution in [-0.2, 0) is 0 Å². The van der Waals surface area contributed by atoms with E-state index in [9.17, 15) is 4.39 Å². The summed E-state index contributed by atoms with van der Waals surface area (Å²) in [4.78, 5) is 0. The first-order valence-electron chi connectivity index (χ1n) is 5.79. The number of hydrogen-bond acceptors (Lipinski definition) is 1. The summed E-state index contributed by atoms with van der Waals surface area (Å²) < 4.78 is 13.5. The SMILES string of the molecule is NC(c1ccccc1F)C1C2CCCC21. The first-order valence-corrected chi connectivity index (χ1v) is 5.79. The third-order valence-electron chi connectivity index (χ3n) is 4.15. The maximum Gasteiger partial charge on any atom is 0.127 e. The Morgan fingerprint density at radius 3 is 2.53 bits per heavy atom. The smallest absolute Gasteiger partial charge is 0.127 e. The Bertz CT molecular complexity index is 367. The molecule has 2 fully saturated rings. The number of fused-ring (bicyclic) bond motifs is 1. The largest absolute Gasteiger partial charge is 0.324 e. The molecule has 2 aliphatic carbocycles. The molecule has 2 saturated carbocycles. The van der Waals surface area contributed by atoms with Crippen molar-refractivity contribution in [2.75, 3.05) is 0 Å². The molecule has 0 amide bonds. The van der Waals surface area contributed by atoms with E-state index in [0.717, 1.165) is 11.8 Å². The van der Waals surface area contributed by atoms with Crippen LogP contribution in [0.1, 0.15) is 30.9 Å². The van der Waals surface area contributed by atoms with Gasteiger partial charge in [0, 0.05) is 11.6 Å². The van der Waals surface area contributed by atoms with E-state index in [4.69, 9.17) is 5.73 Å². The van der Waals surface area contributed by atoms with Gasteiger partial charge in [0.25, 0.3) is 0 Å². The minimum atomic E-state index is -0.144. The summed E-state index contributed by atoms with van der Waals surface area (Å²) in [5.74, 6) is 1.99. The molecule has 0 bridgehead atoms. The van der Waals surface area contributed by atoms with E-state index in [2.05, 4.69) is 0 Å². The van der Waals surface area contributed by atoms with Gasteiger partial charge in [0.2, 0.25) is 0 Å². The van der Waals surface area contributed by atoms with Gasteiger partial charge in [0.15, 0.2) is 0 Å². The van der Waals surface area contributed by atoms with Gasteiger partial charge in [-0.25, -0.2) is 4.39 Å². The number of benzene rings is 1. The van der Waals surface area contributed by atoms with E-state index in [1.807, 2.05) is 12.1 Å². The van der Waals surface area contributed by atoms with Gasteiger partial charge in [0.1, 0.15) is 5.82 Å². The van der Waals surface area contributed by atoms with Crippen LogP contribution in [-0.4, -0.2) is 0 Å². The molecule has 1 aromatic carbocycles. The Balaban J connectivity index is 1.81. The predicted octanol–water partition coefficient (Wildman–Crippen LogP) is 2.87. The third kappa shape index (κ3) is 1.39. The van der Waals surface area contributed by atoms with Crippen molar-refractivity contribution >= 4 is 0 Å². The highest BCUT2D eigenvalue weighted by molar-refractivity contribution is 5.24. The van der Waals surface area contributed by atoms with Crippen molar-refractivity contribution in [3.8, 4) is 0 Å². The third-order valence-corrected chi connectivity index (χ3v) is 4.15. The normalized spacial score (nSPS) is 34.9. The maximum atomic E-state index is 13.5. The molecule has 15 heavy (non-hydrogen) atoms. The van der Waals surface area contributed by atoms with Crippen molar-refractivity contribution in [3.63, 3.8) is 0 Å².